The van der Waals surface area contributed by atoms with Gasteiger partial charge in [0.1, 0.15) is 0 Å². The largest absolute Gasteiger partial charge is 0.367 e. The van der Waals surface area contributed by atoms with Crippen molar-refractivity contribution >= 4 is 5.95 Å². The fourth-order valence-electron chi connectivity index (χ4n) is 1.45. The van der Waals surface area contributed by atoms with Crippen molar-refractivity contribution in [2.75, 3.05) is 25.4 Å². The topological polar surface area (TPSA) is 72.9 Å². The first-order valence-electron chi connectivity index (χ1n) is 4.94. The molecule has 0 bridgehead atoms. The average molecular weight is 198 g/mol. The second kappa shape index (κ2) is 4.90. The van der Waals surface area contributed by atoms with Gasteiger partial charge in [-0.1, -0.05) is 18.9 Å². The summed E-state index contributed by atoms with van der Waals surface area (Å²) in [7, 11) is 0. The van der Waals surface area contributed by atoms with Gasteiger partial charge >= 0.3 is 0 Å². The molecule has 1 heterocycles. The summed E-state index contributed by atoms with van der Waals surface area (Å²) in [5, 5.41) is 11.0. The van der Waals surface area contributed by atoms with Crippen LogP contribution in [0.25, 0.3) is 0 Å². The van der Waals surface area contributed by atoms with Crippen LogP contribution in [0, 0.1) is 0 Å². The van der Waals surface area contributed by atoms with E-state index in [-0.39, 0.29) is 6.04 Å². The van der Waals surface area contributed by atoms with E-state index in [1.54, 1.807) is 4.68 Å². The van der Waals surface area contributed by atoms with Gasteiger partial charge in [0.05, 0.1) is 6.04 Å². The van der Waals surface area contributed by atoms with Crippen molar-refractivity contribution in [3.05, 3.63) is 0 Å². The summed E-state index contributed by atoms with van der Waals surface area (Å²) in [6.07, 6.45) is 0. The van der Waals surface area contributed by atoms with Crippen LogP contribution in [0.1, 0.15) is 26.8 Å². The van der Waals surface area contributed by atoms with E-state index in [4.69, 9.17) is 5.73 Å². The lowest BCUT2D eigenvalue weighted by Crippen LogP contribution is -2.30. The molecule has 1 aromatic heterocycles. The van der Waals surface area contributed by atoms with Gasteiger partial charge in [-0.05, 0) is 30.4 Å². The van der Waals surface area contributed by atoms with Crippen molar-refractivity contribution in [1.82, 2.24) is 25.1 Å². The molecule has 1 atom stereocenters. The molecule has 1 rings (SSSR count). The zero-order valence-corrected chi connectivity index (χ0v) is 9.01. The highest BCUT2D eigenvalue weighted by molar-refractivity contribution is 5.11. The third kappa shape index (κ3) is 2.41. The van der Waals surface area contributed by atoms with E-state index in [1.807, 2.05) is 0 Å². The molecule has 0 aliphatic heterocycles. The van der Waals surface area contributed by atoms with Gasteiger partial charge in [-0.3, -0.25) is 0 Å². The van der Waals surface area contributed by atoms with E-state index in [1.165, 1.54) is 0 Å². The lowest BCUT2D eigenvalue weighted by Gasteiger charge is -2.22. The smallest absolute Gasteiger partial charge is 0.240 e. The fourth-order valence-corrected chi connectivity index (χ4v) is 1.45. The van der Waals surface area contributed by atoms with Gasteiger partial charge in [0.15, 0.2) is 0 Å². The Hall–Kier alpha value is -1.17. The first-order valence-corrected chi connectivity index (χ1v) is 4.94. The molecule has 0 fully saturated rings. The summed E-state index contributed by atoms with van der Waals surface area (Å²) in [5.41, 5.74) is 5.61. The van der Waals surface area contributed by atoms with Crippen LogP contribution in [0.15, 0.2) is 0 Å². The summed E-state index contributed by atoms with van der Waals surface area (Å²) >= 11 is 0. The molecule has 6 heteroatoms. The van der Waals surface area contributed by atoms with Crippen LogP contribution in [0.4, 0.5) is 5.95 Å². The third-order valence-corrected chi connectivity index (χ3v) is 2.35. The van der Waals surface area contributed by atoms with E-state index >= 15 is 0 Å². The lowest BCUT2D eigenvalue weighted by atomic mass is 10.3. The number of hydrogen-bond acceptors (Lipinski definition) is 5. The molecular weight excluding hydrogens is 180 g/mol. The quantitative estimate of drug-likeness (QED) is 0.729. The van der Waals surface area contributed by atoms with E-state index in [0.29, 0.717) is 5.95 Å². The molecular formula is C8H18N6. The van der Waals surface area contributed by atoms with Crippen LogP contribution >= 0.6 is 0 Å². The van der Waals surface area contributed by atoms with E-state index < -0.39 is 0 Å². The molecule has 1 unspecified atom stereocenters. The molecule has 0 saturated heterocycles. The number of rotatable bonds is 5. The molecule has 2 N–H and O–H groups in total. The molecule has 14 heavy (non-hydrogen) atoms. The van der Waals surface area contributed by atoms with Crippen LogP contribution in [-0.4, -0.2) is 44.7 Å². The van der Waals surface area contributed by atoms with Gasteiger partial charge in [0, 0.05) is 6.54 Å². The molecule has 0 radical (unpaired) electrons. The van der Waals surface area contributed by atoms with Crippen LogP contribution in [0.3, 0.4) is 0 Å². The van der Waals surface area contributed by atoms with Gasteiger partial charge in [-0.15, -0.1) is 0 Å². The van der Waals surface area contributed by atoms with Crippen LogP contribution in [-0.2, 0) is 0 Å². The van der Waals surface area contributed by atoms with Gasteiger partial charge in [-0.2, -0.15) is 0 Å². The monoisotopic (exact) mass is 198 g/mol. The first kappa shape index (κ1) is 10.9. The molecule has 0 saturated carbocycles. The summed E-state index contributed by atoms with van der Waals surface area (Å²) < 4.78 is 1.65. The Morgan fingerprint density at radius 3 is 2.50 bits per heavy atom. The predicted octanol–water partition coefficient (Wildman–Crippen LogP) is 0.158. The maximum Gasteiger partial charge on any atom is 0.240 e. The number of nitrogens with zero attached hydrogens (tertiary/aromatic N) is 5. The standard InChI is InChI=1S/C8H18N6/c1-4-13(5-2)6-7(3)14-8(9)10-11-12-14/h7H,4-6H2,1-3H3,(H2,9,10,12). The number of likely N-dealkylation sites (N-methyl/N-ethyl adjacent to an activating group) is 1. The molecule has 80 valence electrons. The van der Waals surface area contributed by atoms with Gasteiger partial charge < -0.3 is 10.6 Å². The SMILES string of the molecule is CCN(CC)CC(C)n1nnnc1N. The average Bonchev–Trinajstić information content (AvgIpc) is 2.60. The summed E-state index contributed by atoms with van der Waals surface area (Å²) in [4.78, 5) is 2.31. The van der Waals surface area contributed by atoms with E-state index in [2.05, 4.69) is 41.2 Å². The zero-order valence-electron chi connectivity index (χ0n) is 9.01. The number of hydrogen-bond donors (Lipinski definition) is 1. The van der Waals surface area contributed by atoms with Gasteiger partial charge in [0.2, 0.25) is 5.95 Å². The van der Waals surface area contributed by atoms with Crippen molar-refractivity contribution in [3.63, 3.8) is 0 Å². The Balaban J connectivity index is 2.58. The van der Waals surface area contributed by atoms with Crippen LogP contribution < -0.4 is 5.73 Å². The molecule has 0 amide bonds. The number of tetrazole rings is 1. The second-order valence-electron chi connectivity index (χ2n) is 3.32. The minimum Gasteiger partial charge on any atom is -0.367 e. The van der Waals surface area contributed by atoms with Crippen LogP contribution in [0.2, 0.25) is 0 Å². The third-order valence-electron chi connectivity index (χ3n) is 2.35. The highest BCUT2D eigenvalue weighted by atomic mass is 15.6. The first-order chi connectivity index (χ1) is 6.69. The maximum atomic E-state index is 5.61. The van der Waals surface area contributed by atoms with Crippen molar-refractivity contribution in [3.8, 4) is 0 Å². The summed E-state index contributed by atoms with van der Waals surface area (Å²) in [6.45, 7) is 9.32. The summed E-state index contributed by atoms with van der Waals surface area (Å²) in [6, 6.07) is 0.213. The molecule has 0 aromatic carbocycles. The predicted molar refractivity (Wildman–Crippen MR) is 54.7 cm³/mol. The molecule has 1 aromatic rings. The Bertz CT molecular complexity index is 267. The highest BCUT2D eigenvalue weighted by Crippen LogP contribution is 2.08. The number of aromatic nitrogens is 4. The van der Waals surface area contributed by atoms with Crippen molar-refractivity contribution in [2.45, 2.75) is 26.8 Å². The lowest BCUT2D eigenvalue weighted by molar-refractivity contribution is 0.253. The minimum absolute atomic E-state index is 0.213. The van der Waals surface area contributed by atoms with Crippen molar-refractivity contribution < 1.29 is 0 Å². The van der Waals surface area contributed by atoms with Gasteiger partial charge in [0.25, 0.3) is 0 Å². The summed E-state index contributed by atoms with van der Waals surface area (Å²) in [5.74, 6) is 0.379. The Morgan fingerprint density at radius 2 is 2.07 bits per heavy atom. The Morgan fingerprint density at radius 1 is 1.43 bits per heavy atom. The molecule has 6 nitrogen and oxygen atoms in total. The number of anilines is 1. The second-order valence-corrected chi connectivity index (χ2v) is 3.32. The number of nitrogens with two attached hydrogens (primary N) is 1. The highest BCUT2D eigenvalue weighted by Gasteiger charge is 2.12. The zero-order chi connectivity index (χ0) is 10.6. The Kier molecular flexibility index (Phi) is 3.82. The van der Waals surface area contributed by atoms with Crippen LogP contribution in [0.5, 0.6) is 0 Å². The molecule has 0 aliphatic carbocycles. The van der Waals surface area contributed by atoms with E-state index in [9.17, 15) is 0 Å². The molecule has 0 aliphatic rings. The van der Waals surface area contributed by atoms with E-state index in [0.717, 1.165) is 19.6 Å². The van der Waals surface area contributed by atoms with Crippen molar-refractivity contribution in [1.29, 1.82) is 0 Å². The number of nitrogen functional groups attached to an aromatic ring is 1. The van der Waals surface area contributed by atoms with Gasteiger partial charge in [-0.25, -0.2) is 4.68 Å². The molecule has 0 spiro atoms. The maximum absolute atomic E-state index is 5.61. The Labute approximate surface area is 84.1 Å². The van der Waals surface area contributed by atoms with Crippen molar-refractivity contribution in [2.24, 2.45) is 0 Å². The normalized spacial score (nSPS) is 13.4. The minimum atomic E-state index is 0.213. The fraction of sp³-hybridized carbons (Fsp3) is 0.875.